The molecule has 0 fully saturated rings. The molecule has 0 radical (unpaired) electrons. The monoisotopic (exact) mass is 637 g/mol. The number of rotatable bonds is 12. The quantitative estimate of drug-likeness (QED) is 0.198. The van der Waals surface area contributed by atoms with Crippen LogP contribution in [0.2, 0.25) is 10.0 Å². The van der Waals surface area contributed by atoms with Gasteiger partial charge in [0.1, 0.15) is 12.6 Å². The molecule has 0 bridgehead atoms. The number of sulfonamides is 1. The van der Waals surface area contributed by atoms with E-state index >= 15 is 0 Å². The van der Waals surface area contributed by atoms with Crippen molar-refractivity contribution in [1.82, 2.24) is 10.2 Å². The van der Waals surface area contributed by atoms with Crippen molar-refractivity contribution in [1.29, 1.82) is 0 Å². The van der Waals surface area contributed by atoms with Gasteiger partial charge in [-0.25, -0.2) is 8.42 Å². The summed E-state index contributed by atoms with van der Waals surface area (Å²) in [7, 11) is -4.24. The summed E-state index contributed by atoms with van der Waals surface area (Å²) >= 11 is 12.3. The van der Waals surface area contributed by atoms with Crippen LogP contribution in [0.5, 0.6) is 0 Å². The molecule has 0 aliphatic carbocycles. The fourth-order valence-corrected chi connectivity index (χ4v) is 6.46. The molecule has 0 saturated carbocycles. The second-order valence-corrected chi connectivity index (χ2v) is 12.8. The van der Waals surface area contributed by atoms with E-state index in [0.29, 0.717) is 16.6 Å². The predicted molar refractivity (Wildman–Crippen MR) is 172 cm³/mol. The second-order valence-electron chi connectivity index (χ2n) is 10.1. The number of halogens is 2. The van der Waals surface area contributed by atoms with E-state index in [1.165, 1.54) is 35.2 Å². The highest BCUT2D eigenvalue weighted by atomic mass is 35.5. The highest BCUT2D eigenvalue weighted by Gasteiger charge is 2.34. The number of aryl methyl sites for hydroxylation is 1. The number of carbonyl (C=O) groups excluding carboxylic acids is 2. The van der Waals surface area contributed by atoms with E-state index in [1.807, 2.05) is 68.4 Å². The molecule has 4 aromatic carbocycles. The first-order valence-electron chi connectivity index (χ1n) is 13.8. The molecule has 10 heteroatoms. The van der Waals surface area contributed by atoms with Gasteiger partial charge in [0.05, 0.1) is 10.6 Å². The minimum atomic E-state index is -4.24. The molecule has 4 rings (SSSR count). The minimum absolute atomic E-state index is 0.0422. The van der Waals surface area contributed by atoms with Crippen molar-refractivity contribution < 1.29 is 18.0 Å². The Morgan fingerprint density at radius 3 is 2.14 bits per heavy atom. The van der Waals surface area contributed by atoms with Crippen LogP contribution < -0.4 is 9.62 Å². The summed E-state index contributed by atoms with van der Waals surface area (Å²) in [6, 6.07) is 28.2. The van der Waals surface area contributed by atoms with Crippen LogP contribution in [0.15, 0.2) is 108 Å². The van der Waals surface area contributed by atoms with Crippen molar-refractivity contribution >= 4 is 50.7 Å². The summed E-state index contributed by atoms with van der Waals surface area (Å²) < 4.78 is 29.0. The number of carbonyl (C=O) groups is 2. The summed E-state index contributed by atoms with van der Waals surface area (Å²) in [5, 5.41) is 3.54. The molecule has 0 heterocycles. The van der Waals surface area contributed by atoms with Gasteiger partial charge in [-0.05, 0) is 67.4 Å². The Morgan fingerprint density at radius 1 is 0.814 bits per heavy atom. The van der Waals surface area contributed by atoms with E-state index in [2.05, 4.69) is 5.32 Å². The largest absolute Gasteiger partial charge is 0.355 e. The smallest absolute Gasteiger partial charge is 0.264 e. The molecule has 0 saturated heterocycles. The lowest BCUT2D eigenvalue weighted by molar-refractivity contribution is -0.140. The van der Waals surface area contributed by atoms with Crippen molar-refractivity contribution in [2.24, 2.45) is 0 Å². The maximum atomic E-state index is 14.4. The zero-order valence-corrected chi connectivity index (χ0v) is 26.2. The Labute approximate surface area is 263 Å². The standard InChI is InChI=1S/C33H33Cl2N3O4S/c1-3-36-33(40)31(20-25-10-5-4-6-11-25)37(22-26-12-7-9-24(2)19-26)32(39)23-38(29-14-8-13-28(35)21-29)43(41,42)30-17-15-27(34)16-18-30/h4-19,21,31H,3,20,22-23H2,1-2H3,(H,36,40)/t31-/m0/s1. The first kappa shape index (κ1) is 32.1. The SMILES string of the molecule is CCNC(=O)[C@H](Cc1ccccc1)N(Cc1cccc(C)c1)C(=O)CN(c1cccc(Cl)c1)S(=O)(=O)c1ccc(Cl)cc1. The maximum absolute atomic E-state index is 14.4. The van der Waals surface area contributed by atoms with E-state index in [4.69, 9.17) is 23.2 Å². The highest BCUT2D eigenvalue weighted by Crippen LogP contribution is 2.28. The molecule has 0 aliphatic rings. The molecular weight excluding hydrogens is 605 g/mol. The fourth-order valence-electron chi connectivity index (χ4n) is 4.75. The molecule has 43 heavy (non-hydrogen) atoms. The molecule has 0 spiro atoms. The number of likely N-dealkylation sites (N-methyl/N-ethyl adjacent to an activating group) is 1. The van der Waals surface area contributed by atoms with Crippen LogP contribution in [0, 0.1) is 6.92 Å². The average molecular weight is 639 g/mol. The summed E-state index contributed by atoms with van der Waals surface area (Å²) in [4.78, 5) is 29.3. The third kappa shape index (κ3) is 8.38. The molecule has 0 aromatic heterocycles. The number of benzene rings is 4. The van der Waals surface area contributed by atoms with Crippen molar-refractivity contribution in [3.05, 3.63) is 130 Å². The van der Waals surface area contributed by atoms with Gasteiger partial charge in [0.2, 0.25) is 11.8 Å². The van der Waals surface area contributed by atoms with Gasteiger partial charge in [-0.2, -0.15) is 0 Å². The molecule has 4 aromatic rings. The van der Waals surface area contributed by atoms with Crippen LogP contribution >= 0.6 is 23.2 Å². The molecule has 0 unspecified atom stereocenters. The highest BCUT2D eigenvalue weighted by molar-refractivity contribution is 7.92. The Hall–Kier alpha value is -3.85. The van der Waals surface area contributed by atoms with Crippen molar-refractivity contribution in [3.8, 4) is 0 Å². The van der Waals surface area contributed by atoms with Gasteiger partial charge >= 0.3 is 0 Å². The first-order valence-corrected chi connectivity index (χ1v) is 16.0. The molecule has 2 amide bonds. The van der Waals surface area contributed by atoms with Crippen LogP contribution in [0.1, 0.15) is 23.6 Å². The van der Waals surface area contributed by atoms with E-state index in [0.717, 1.165) is 21.0 Å². The van der Waals surface area contributed by atoms with Crippen molar-refractivity contribution in [3.63, 3.8) is 0 Å². The van der Waals surface area contributed by atoms with Crippen LogP contribution in [0.4, 0.5) is 5.69 Å². The van der Waals surface area contributed by atoms with Gasteiger partial charge < -0.3 is 10.2 Å². The summed E-state index contributed by atoms with van der Waals surface area (Å²) in [5.41, 5.74) is 2.88. The minimum Gasteiger partial charge on any atom is -0.355 e. The lowest BCUT2D eigenvalue weighted by Crippen LogP contribution is -2.53. The second kappa shape index (κ2) is 14.6. The third-order valence-electron chi connectivity index (χ3n) is 6.83. The van der Waals surface area contributed by atoms with Gasteiger partial charge in [0.25, 0.3) is 10.0 Å². The number of hydrogen-bond acceptors (Lipinski definition) is 4. The number of amides is 2. The Balaban J connectivity index is 1.80. The van der Waals surface area contributed by atoms with Crippen LogP contribution in [0.3, 0.4) is 0 Å². The molecule has 7 nitrogen and oxygen atoms in total. The van der Waals surface area contributed by atoms with E-state index < -0.39 is 28.5 Å². The molecule has 0 aliphatic heterocycles. The molecular formula is C33H33Cl2N3O4S. The normalized spacial score (nSPS) is 11.9. The zero-order valence-electron chi connectivity index (χ0n) is 23.9. The topological polar surface area (TPSA) is 86.8 Å². The van der Waals surface area contributed by atoms with E-state index in [9.17, 15) is 18.0 Å². The van der Waals surface area contributed by atoms with Gasteiger partial charge in [-0.1, -0.05) is 89.4 Å². The van der Waals surface area contributed by atoms with Crippen molar-refractivity contribution in [2.45, 2.75) is 37.8 Å². The number of anilines is 1. The first-order chi connectivity index (χ1) is 20.6. The summed E-state index contributed by atoms with van der Waals surface area (Å²) in [6.07, 6.45) is 0.241. The van der Waals surface area contributed by atoms with Crippen LogP contribution in [-0.4, -0.2) is 44.3 Å². The summed E-state index contributed by atoms with van der Waals surface area (Å²) in [6.45, 7) is 3.65. The van der Waals surface area contributed by atoms with Crippen molar-refractivity contribution in [2.75, 3.05) is 17.4 Å². The van der Waals surface area contributed by atoms with Gasteiger partial charge in [-0.3, -0.25) is 13.9 Å². The maximum Gasteiger partial charge on any atom is 0.264 e. The molecule has 1 atom stereocenters. The number of nitrogens with one attached hydrogen (secondary N) is 1. The lowest BCUT2D eigenvalue weighted by Gasteiger charge is -2.34. The zero-order chi connectivity index (χ0) is 31.0. The Bertz CT molecular complexity index is 1670. The van der Waals surface area contributed by atoms with E-state index in [-0.39, 0.29) is 29.5 Å². The van der Waals surface area contributed by atoms with Crippen LogP contribution in [-0.2, 0) is 32.6 Å². The Kier molecular flexibility index (Phi) is 10.9. The van der Waals surface area contributed by atoms with E-state index in [1.54, 1.807) is 18.2 Å². The predicted octanol–water partition coefficient (Wildman–Crippen LogP) is 6.27. The number of nitrogens with zero attached hydrogens (tertiary/aromatic N) is 2. The summed E-state index contributed by atoms with van der Waals surface area (Å²) in [5.74, 6) is -0.881. The third-order valence-corrected chi connectivity index (χ3v) is 9.11. The lowest BCUT2D eigenvalue weighted by atomic mass is 10.0. The Morgan fingerprint density at radius 2 is 1.49 bits per heavy atom. The molecule has 1 N–H and O–H groups in total. The van der Waals surface area contributed by atoms with Crippen LogP contribution in [0.25, 0.3) is 0 Å². The van der Waals surface area contributed by atoms with Gasteiger partial charge in [0, 0.05) is 29.6 Å². The average Bonchev–Trinajstić information content (AvgIpc) is 2.98. The fraction of sp³-hybridized carbons (Fsp3) is 0.212. The van der Waals surface area contributed by atoms with Gasteiger partial charge in [-0.15, -0.1) is 0 Å². The molecule has 224 valence electrons. The number of hydrogen-bond donors (Lipinski definition) is 1. The van der Waals surface area contributed by atoms with Gasteiger partial charge in [0.15, 0.2) is 0 Å².